The summed E-state index contributed by atoms with van der Waals surface area (Å²) in [4.78, 5) is 10.5. The van der Waals surface area contributed by atoms with Crippen LogP contribution in [0.3, 0.4) is 0 Å². The molecule has 1 heterocycles. The zero-order chi connectivity index (χ0) is 11.3. The average molecular weight is 229 g/mol. The van der Waals surface area contributed by atoms with Crippen LogP contribution in [0.4, 0.5) is 0 Å². The molecule has 5 heteroatoms. The summed E-state index contributed by atoms with van der Waals surface area (Å²) >= 11 is 1.53. The van der Waals surface area contributed by atoms with Crippen molar-refractivity contribution in [2.24, 2.45) is 5.92 Å². The Morgan fingerprint density at radius 1 is 1.60 bits per heavy atom. The molecule has 2 unspecified atom stereocenters. The van der Waals surface area contributed by atoms with Gasteiger partial charge in [-0.1, -0.05) is 6.92 Å². The Morgan fingerprint density at radius 2 is 2.33 bits per heavy atom. The third kappa shape index (κ3) is 3.99. The molecule has 1 aromatic heterocycles. The second kappa shape index (κ2) is 5.85. The van der Waals surface area contributed by atoms with Crippen LogP contribution in [0, 0.1) is 5.92 Å². The van der Waals surface area contributed by atoms with Crippen LogP contribution >= 0.6 is 11.3 Å². The minimum absolute atomic E-state index is 0.372. The summed E-state index contributed by atoms with van der Waals surface area (Å²) in [5, 5.41) is 25.0. The lowest BCUT2D eigenvalue weighted by Crippen LogP contribution is -2.29. The zero-order valence-corrected chi connectivity index (χ0v) is 9.33. The van der Waals surface area contributed by atoms with Crippen LogP contribution in [-0.4, -0.2) is 29.3 Å². The predicted octanol–water partition coefficient (Wildman–Crippen LogP) is 1.09. The van der Waals surface area contributed by atoms with Gasteiger partial charge in [-0.3, -0.25) is 4.79 Å². The molecule has 0 saturated heterocycles. The standard InChI is InChI=1S/C10H15NO3S/c1-7(10(13)14)4-11-5-9(12)8-2-3-15-6-8/h2-3,6-7,9,11-12H,4-5H2,1H3,(H,13,14). The maximum Gasteiger partial charge on any atom is 0.307 e. The van der Waals surface area contributed by atoms with Crippen molar-refractivity contribution in [1.82, 2.24) is 5.32 Å². The molecule has 0 spiro atoms. The van der Waals surface area contributed by atoms with Gasteiger partial charge in [0.2, 0.25) is 0 Å². The van der Waals surface area contributed by atoms with Gasteiger partial charge in [0.05, 0.1) is 12.0 Å². The van der Waals surface area contributed by atoms with E-state index in [4.69, 9.17) is 5.11 Å². The minimum Gasteiger partial charge on any atom is -0.481 e. The number of carbonyl (C=O) groups is 1. The van der Waals surface area contributed by atoms with Gasteiger partial charge in [0.15, 0.2) is 0 Å². The molecule has 15 heavy (non-hydrogen) atoms. The topological polar surface area (TPSA) is 69.6 Å². The molecule has 0 aliphatic rings. The van der Waals surface area contributed by atoms with Gasteiger partial charge < -0.3 is 15.5 Å². The number of hydrogen-bond donors (Lipinski definition) is 3. The monoisotopic (exact) mass is 229 g/mol. The molecule has 0 fully saturated rings. The van der Waals surface area contributed by atoms with E-state index in [1.807, 2.05) is 16.8 Å². The normalized spacial score (nSPS) is 14.8. The summed E-state index contributed by atoms with van der Waals surface area (Å²) in [5.41, 5.74) is 0.871. The van der Waals surface area contributed by atoms with Crippen molar-refractivity contribution < 1.29 is 15.0 Å². The number of rotatable bonds is 6. The Labute approximate surface area is 92.6 Å². The smallest absolute Gasteiger partial charge is 0.307 e. The van der Waals surface area contributed by atoms with Gasteiger partial charge >= 0.3 is 5.97 Å². The van der Waals surface area contributed by atoms with Crippen molar-refractivity contribution >= 4 is 17.3 Å². The van der Waals surface area contributed by atoms with E-state index in [0.29, 0.717) is 13.1 Å². The predicted molar refractivity (Wildman–Crippen MR) is 58.9 cm³/mol. The van der Waals surface area contributed by atoms with Crippen LogP contribution in [0.25, 0.3) is 0 Å². The fourth-order valence-corrected chi connectivity index (χ4v) is 1.81. The zero-order valence-electron chi connectivity index (χ0n) is 8.51. The number of hydrogen-bond acceptors (Lipinski definition) is 4. The van der Waals surface area contributed by atoms with Crippen LogP contribution in [0.2, 0.25) is 0 Å². The number of nitrogens with one attached hydrogen (secondary N) is 1. The van der Waals surface area contributed by atoms with Crippen molar-refractivity contribution in [1.29, 1.82) is 0 Å². The number of aliphatic hydroxyl groups is 1. The van der Waals surface area contributed by atoms with E-state index in [1.54, 1.807) is 6.92 Å². The Morgan fingerprint density at radius 3 is 2.87 bits per heavy atom. The van der Waals surface area contributed by atoms with Gasteiger partial charge in [-0.25, -0.2) is 0 Å². The molecule has 0 saturated carbocycles. The first-order valence-electron chi connectivity index (χ1n) is 4.75. The third-order valence-electron chi connectivity index (χ3n) is 2.14. The van der Waals surface area contributed by atoms with Crippen molar-refractivity contribution in [3.8, 4) is 0 Å². The molecule has 0 amide bonds. The van der Waals surface area contributed by atoms with Crippen LogP contribution in [0.1, 0.15) is 18.6 Å². The molecule has 3 N–H and O–H groups in total. The van der Waals surface area contributed by atoms with E-state index in [2.05, 4.69) is 5.32 Å². The summed E-state index contributed by atoms with van der Waals surface area (Å²) in [6.45, 7) is 2.39. The number of aliphatic carboxylic acids is 1. The first kappa shape index (κ1) is 12.2. The molecular weight excluding hydrogens is 214 g/mol. The van der Waals surface area contributed by atoms with Gasteiger partial charge in [-0.2, -0.15) is 11.3 Å². The summed E-state index contributed by atoms with van der Waals surface area (Å²) in [6.07, 6.45) is -0.558. The number of aliphatic hydroxyl groups excluding tert-OH is 1. The van der Waals surface area contributed by atoms with Crippen LogP contribution in [0.5, 0.6) is 0 Å². The van der Waals surface area contributed by atoms with Gasteiger partial charge in [0.1, 0.15) is 0 Å². The van der Waals surface area contributed by atoms with E-state index in [1.165, 1.54) is 11.3 Å². The maximum absolute atomic E-state index is 10.5. The number of carboxylic acids is 1. The summed E-state index contributed by atoms with van der Waals surface area (Å²) < 4.78 is 0. The Bertz CT molecular complexity index is 300. The quantitative estimate of drug-likeness (QED) is 0.683. The molecule has 1 aromatic rings. The van der Waals surface area contributed by atoms with Crippen molar-refractivity contribution in [3.63, 3.8) is 0 Å². The molecule has 2 atom stereocenters. The summed E-state index contributed by atoms with van der Waals surface area (Å²) in [7, 11) is 0. The fourth-order valence-electron chi connectivity index (χ4n) is 1.11. The Hall–Kier alpha value is -0.910. The SMILES string of the molecule is CC(CNCC(O)c1ccsc1)C(=O)O. The molecule has 0 radical (unpaired) electrons. The Kier molecular flexibility index (Phi) is 4.74. The molecule has 1 rings (SSSR count). The highest BCUT2D eigenvalue weighted by molar-refractivity contribution is 7.07. The molecule has 0 aromatic carbocycles. The lowest BCUT2D eigenvalue weighted by molar-refractivity contribution is -0.140. The van der Waals surface area contributed by atoms with E-state index < -0.39 is 18.0 Å². The first-order chi connectivity index (χ1) is 7.11. The van der Waals surface area contributed by atoms with Crippen LogP contribution in [0.15, 0.2) is 16.8 Å². The summed E-state index contributed by atoms with van der Waals surface area (Å²) in [5.74, 6) is -1.26. The van der Waals surface area contributed by atoms with E-state index in [9.17, 15) is 9.90 Å². The number of carboxylic acid groups (broad SMARTS) is 1. The average Bonchev–Trinajstić information content (AvgIpc) is 2.70. The van der Waals surface area contributed by atoms with E-state index in [-0.39, 0.29) is 0 Å². The van der Waals surface area contributed by atoms with Crippen molar-refractivity contribution in [2.45, 2.75) is 13.0 Å². The summed E-state index contributed by atoms with van der Waals surface area (Å²) in [6, 6.07) is 1.86. The molecule has 84 valence electrons. The first-order valence-corrected chi connectivity index (χ1v) is 5.69. The molecule has 0 aliphatic heterocycles. The fraction of sp³-hybridized carbons (Fsp3) is 0.500. The lowest BCUT2D eigenvalue weighted by atomic mass is 10.1. The second-order valence-corrected chi connectivity index (χ2v) is 4.25. The maximum atomic E-state index is 10.5. The highest BCUT2D eigenvalue weighted by Crippen LogP contribution is 2.14. The highest BCUT2D eigenvalue weighted by Gasteiger charge is 2.12. The Balaban J connectivity index is 2.23. The van der Waals surface area contributed by atoms with Crippen molar-refractivity contribution in [3.05, 3.63) is 22.4 Å². The minimum atomic E-state index is -0.826. The van der Waals surface area contributed by atoms with Gasteiger partial charge in [0.25, 0.3) is 0 Å². The van der Waals surface area contributed by atoms with Crippen molar-refractivity contribution in [2.75, 3.05) is 13.1 Å². The second-order valence-electron chi connectivity index (χ2n) is 3.47. The van der Waals surface area contributed by atoms with E-state index >= 15 is 0 Å². The third-order valence-corrected chi connectivity index (χ3v) is 2.84. The highest BCUT2D eigenvalue weighted by atomic mass is 32.1. The van der Waals surface area contributed by atoms with E-state index in [0.717, 1.165) is 5.56 Å². The number of thiophene rings is 1. The van der Waals surface area contributed by atoms with Gasteiger partial charge in [0, 0.05) is 13.1 Å². The molecule has 4 nitrogen and oxygen atoms in total. The molecule has 0 bridgehead atoms. The van der Waals surface area contributed by atoms with Crippen LogP contribution in [-0.2, 0) is 4.79 Å². The van der Waals surface area contributed by atoms with Gasteiger partial charge in [-0.05, 0) is 22.4 Å². The largest absolute Gasteiger partial charge is 0.481 e. The molecular formula is C10H15NO3S. The molecule has 0 aliphatic carbocycles. The van der Waals surface area contributed by atoms with Gasteiger partial charge in [-0.15, -0.1) is 0 Å². The van der Waals surface area contributed by atoms with Crippen LogP contribution < -0.4 is 5.32 Å². The lowest BCUT2D eigenvalue weighted by Gasteiger charge is -2.12.